The lowest BCUT2D eigenvalue weighted by Gasteiger charge is -2.01. The molecule has 0 spiro atoms. The van der Waals surface area contributed by atoms with Gasteiger partial charge in [-0.05, 0) is 30.3 Å². The fraction of sp³-hybridized carbons (Fsp3) is 0. The number of carbonyl (C=O) groups excluding carboxylic acids is 1. The van der Waals surface area contributed by atoms with Crippen molar-refractivity contribution in [2.24, 2.45) is 0 Å². The topological polar surface area (TPSA) is 56.2 Å². The van der Waals surface area contributed by atoms with Crippen molar-refractivity contribution < 1.29 is 9.21 Å². The Labute approximate surface area is 91.5 Å². The standard InChI is InChI=1S/C11H8ClNO2/c12-9-6-7(13)3-4-8(9)11(14)10-2-1-5-15-10/h1-6H,13H2. The minimum Gasteiger partial charge on any atom is -0.461 e. The third-order valence-corrected chi connectivity index (χ3v) is 2.30. The van der Waals surface area contributed by atoms with Gasteiger partial charge in [-0.2, -0.15) is 0 Å². The average molecular weight is 222 g/mol. The number of nitrogen functional groups attached to an aromatic ring is 1. The van der Waals surface area contributed by atoms with Crippen LogP contribution in [0.3, 0.4) is 0 Å². The van der Waals surface area contributed by atoms with Gasteiger partial charge in [0.15, 0.2) is 5.76 Å². The molecule has 0 unspecified atom stereocenters. The van der Waals surface area contributed by atoms with Gasteiger partial charge in [-0.25, -0.2) is 0 Å². The summed E-state index contributed by atoms with van der Waals surface area (Å²) < 4.78 is 5.00. The van der Waals surface area contributed by atoms with E-state index >= 15 is 0 Å². The minimum atomic E-state index is -0.245. The summed E-state index contributed by atoms with van der Waals surface area (Å²) >= 11 is 5.90. The van der Waals surface area contributed by atoms with Crippen molar-refractivity contribution in [3.05, 3.63) is 52.9 Å². The van der Waals surface area contributed by atoms with Gasteiger partial charge in [-0.15, -0.1) is 0 Å². The highest BCUT2D eigenvalue weighted by atomic mass is 35.5. The lowest BCUT2D eigenvalue weighted by Crippen LogP contribution is -2.01. The molecule has 1 heterocycles. The molecule has 0 radical (unpaired) electrons. The van der Waals surface area contributed by atoms with Crippen LogP contribution in [0.4, 0.5) is 5.69 Å². The highest BCUT2D eigenvalue weighted by molar-refractivity contribution is 6.35. The van der Waals surface area contributed by atoms with E-state index in [1.54, 1.807) is 24.3 Å². The van der Waals surface area contributed by atoms with Crippen LogP contribution in [-0.2, 0) is 0 Å². The summed E-state index contributed by atoms with van der Waals surface area (Å²) in [6.45, 7) is 0. The van der Waals surface area contributed by atoms with E-state index in [2.05, 4.69) is 0 Å². The van der Waals surface area contributed by atoms with Gasteiger partial charge in [0.05, 0.1) is 11.3 Å². The van der Waals surface area contributed by atoms with Gasteiger partial charge in [0, 0.05) is 11.3 Å². The molecule has 76 valence electrons. The van der Waals surface area contributed by atoms with Crippen LogP contribution in [0.5, 0.6) is 0 Å². The van der Waals surface area contributed by atoms with Gasteiger partial charge in [-0.1, -0.05) is 11.6 Å². The van der Waals surface area contributed by atoms with Crippen molar-refractivity contribution in [1.82, 2.24) is 0 Å². The molecule has 2 rings (SSSR count). The van der Waals surface area contributed by atoms with Crippen LogP contribution in [0.1, 0.15) is 16.1 Å². The largest absolute Gasteiger partial charge is 0.461 e. The molecule has 2 aromatic rings. The van der Waals surface area contributed by atoms with E-state index < -0.39 is 0 Å². The second-order valence-electron chi connectivity index (χ2n) is 3.05. The summed E-state index contributed by atoms with van der Waals surface area (Å²) in [5.74, 6) is 0.0201. The molecule has 0 aliphatic rings. The van der Waals surface area contributed by atoms with Crippen molar-refractivity contribution in [2.75, 3.05) is 5.73 Å². The Morgan fingerprint density at radius 2 is 2.13 bits per heavy atom. The van der Waals surface area contributed by atoms with Crippen molar-refractivity contribution >= 4 is 23.1 Å². The van der Waals surface area contributed by atoms with Crippen molar-refractivity contribution in [1.29, 1.82) is 0 Å². The number of carbonyl (C=O) groups is 1. The molecule has 3 nitrogen and oxygen atoms in total. The van der Waals surface area contributed by atoms with Gasteiger partial charge < -0.3 is 10.2 Å². The Morgan fingerprint density at radius 3 is 2.73 bits per heavy atom. The van der Waals surface area contributed by atoms with Crippen LogP contribution >= 0.6 is 11.6 Å². The predicted molar refractivity (Wildman–Crippen MR) is 58.0 cm³/mol. The van der Waals surface area contributed by atoms with E-state index in [1.807, 2.05) is 0 Å². The van der Waals surface area contributed by atoms with Crippen LogP contribution in [0.15, 0.2) is 41.0 Å². The van der Waals surface area contributed by atoms with E-state index in [4.69, 9.17) is 21.8 Å². The van der Waals surface area contributed by atoms with Gasteiger partial charge in [0.2, 0.25) is 5.78 Å². The molecule has 0 saturated carbocycles. The Morgan fingerprint density at radius 1 is 1.33 bits per heavy atom. The first-order chi connectivity index (χ1) is 7.18. The summed E-state index contributed by atoms with van der Waals surface area (Å²) in [6, 6.07) is 8.00. The Balaban J connectivity index is 2.42. The summed E-state index contributed by atoms with van der Waals surface area (Å²) in [4.78, 5) is 11.8. The maximum Gasteiger partial charge on any atom is 0.229 e. The molecule has 0 saturated heterocycles. The molecule has 1 aromatic carbocycles. The Bertz CT molecular complexity index is 491. The number of nitrogens with two attached hydrogens (primary N) is 1. The molecule has 2 N–H and O–H groups in total. The van der Waals surface area contributed by atoms with Crippen LogP contribution in [0.25, 0.3) is 0 Å². The fourth-order valence-electron chi connectivity index (χ4n) is 1.26. The Hall–Kier alpha value is -1.74. The van der Waals surface area contributed by atoms with Crippen molar-refractivity contribution in [3.63, 3.8) is 0 Å². The van der Waals surface area contributed by atoms with Crippen LogP contribution < -0.4 is 5.73 Å². The second kappa shape index (κ2) is 3.79. The van der Waals surface area contributed by atoms with Crippen LogP contribution in [0, 0.1) is 0 Å². The normalized spacial score (nSPS) is 10.2. The SMILES string of the molecule is Nc1ccc(C(=O)c2ccco2)c(Cl)c1. The molecule has 0 fully saturated rings. The maximum absolute atomic E-state index is 11.8. The average Bonchev–Trinajstić information content (AvgIpc) is 2.69. The van der Waals surface area contributed by atoms with Crippen LogP contribution in [0.2, 0.25) is 5.02 Å². The van der Waals surface area contributed by atoms with E-state index in [0.717, 1.165) is 0 Å². The van der Waals surface area contributed by atoms with Gasteiger partial charge in [0.25, 0.3) is 0 Å². The van der Waals surface area contributed by atoms with E-state index in [-0.39, 0.29) is 11.5 Å². The molecule has 0 amide bonds. The maximum atomic E-state index is 11.8. The van der Waals surface area contributed by atoms with Crippen LogP contribution in [-0.4, -0.2) is 5.78 Å². The monoisotopic (exact) mass is 221 g/mol. The molecule has 4 heteroatoms. The first-order valence-corrected chi connectivity index (χ1v) is 4.69. The molecular weight excluding hydrogens is 214 g/mol. The summed E-state index contributed by atoms with van der Waals surface area (Å²) in [5.41, 5.74) is 6.44. The Kier molecular flexibility index (Phi) is 2.47. The quantitative estimate of drug-likeness (QED) is 0.627. The smallest absolute Gasteiger partial charge is 0.229 e. The summed E-state index contributed by atoms with van der Waals surface area (Å²) in [6.07, 6.45) is 1.44. The number of benzene rings is 1. The molecular formula is C11H8ClNO2. The van der Waals surface area contributed by atoms with E-state index in [1.165, 1.54) is 12.3 Å². The number of halogens is 1. The molecule has 0 bridgehead atoms. The highest BCUT2D eigenvalue weighted by Gasteiger charge is 2.14. The zero-order valence-corrected chi connectivity index (χ0v) is 8.49. The first kappa shape index (κ1) is 9.80. The molecule has 0 aliphatic carbocycles. The minimum absolute atomic E-state index is 0.245. The number of ketones is 1. The second-order valence-corrected chi connectivity index (χ2v) is 3.45. The number of hydrogen-bond donors (Lipinski definition) is 1. The summed E-state index contributed by atoms with van der Waals surface area (Å²) in [5, 5.41) is 0.330. The zero-order chi connectivity index (χ0) is 10.8. The number of anilines is 1. The van der Waals surface area contributed by atoms with Gasteiger partial charge in [0.1, 0.15) is 0 Å². The first-order valence-electron chi connectivity index (χ1n) is 4.31. The van der Waals surface area contributed by atoms with Crippen molar-refractivity contribution in [2.45, 2.75) is 0 Å². The van der Waals surface area contributed by atoms with Gasteiger partial charge in [-0.3, -0.25) is 4.79 Å². The highest BCUT2D eigenvalue weighted by Crippen LogP contribution is 2.22. The third kappa shape index (κ3) is 1.87. The summed E-state index contributed by atoms with van der Waals surface area (Å²) in [7, 11) is 0. The number of hydrogen-bond acceptors (Lipinski definition) is 3. The lowest BCUT2D eigenvalue weighted by atomic mass is 10.1. The van der Waals surface area contributed by atoms with Crippen molar-refractivity contribution in [3.8, 4) is 0 Å². The fourth-order valence-corrected chi connectivity index (χ4v) is 1.53. The third-order valence-electron chi connectivity index (χ3n) is 1.98. The van der Waals surface area contributed by atoms with Gasteiger partial charge >= 0.3 is 0 Å². The number of furan rings is 1. The number of rotatable bonds is 2. The molecule has 0 atom stereocenters. The zero-order valence-electron chi connectivity index (χ0n) is 7.74. The lowest BCUT2D eigenvalue weighted by molar-refractivity contribution is 0.101. The molecule has 15 heavy (non-hydrogen) atoms. The predicted octanol–water partition coefficient (Wildman–Crippen LogP) is 2.75. The van der Waals surface area contributed by atoms with E-state index in [0.29, 0.717) is 16.3 Å². The molecule has 0 aliphatic heterocycles. The van der Waals surface area contributed by atoms with E-state index in [9.17, 15) is 4.79 Å². The molecule has 1 aromatic heterocycles.